The molecule has 0 unspecified atom stereocenters. The molecule has 84 valence electrons. The maximum atomic E-state index is 7.75. The molecule has 2 nitrogen and oxygen atoms in total. The van der Waals surface area contributed by atoms with Gasteiger partial charge in [-0.3, -0.25) is 0 Å². The van der Waals surface area contributed by atoms with Crippen LogP contribution in [0.2, 0.25) is 0 Å². The van der Waals surface area contributed by atoms with Crippen LogP contribution in [0.25, 0.3) is 11.1 Å². The van der Waals surface area contributed by atoms with Crippen LogP contribution in [0.15, 0.2) is 60.7 Å². The Hall–Kier alpha value is -1.64. The molecule has 2 aromatic rings. The molecule has 0 saturated carbocycles. The van der Waals surface area contributed by atoms with Crippen molar-refractivity contribution >= 4 is 0 Å². The lowest BCUT2D eigenvalue weighted by molar-refractivity contribution is 0.306. The number of aliphatic hydroxyl groups is 1. The molecule has 0 fully saturated rings. The number of rotatable bonds is 2. The van der Waals surface area contributed by atoms with E-state index in [-0.39, 0.29) is 6.61 Å². The highest BCUT2D eigenvalue weighted by Gasteiger charge is 1.91. The van der Waals surface area contributed by atoms with E-state index in [0.29, 0.717) is 6.54 Å². The van der Waals surface area contributed by atoms with Gasteiger partial charge in [0.2, 0.25) is 0 Å². The van der Waals surface area contributed by atoms with E-state index >= 15 is 0 Å². The van der Waals surface area contributed by atoms with E-state index in [2.05, 4.69) is 48.5 Å². The number of aliphatic hydroxyl groups excluding tert-OH is 1. The largest absolute Gasteiger partial charge is 0.395 e. The molecule has 3 N–H and O–H groups in total. The second-order valence-corrected chi connectivity index (χ2v) is 3.24. The molecule has 0 aromatic heterocycles. The summed E-state index contributed by atoms with van der Waals surface area (Å²) in [5.74, 6) is 0. The van der Waals surface area contributed by atoms with Crippen LogP contribution in [0.3, 0.4) is 0 Å². The molecule has 0 aliphatic rings. The van der Waals surface area contributed by atoms with Crippen LogP contribution in [-0.2, 0) is 0 Å². The highest BCUT2D eigenvalue weighted by molar-refractivity contribution is 5.62. The summed E-state index contributed by atoms with van der Waals surface area (Å²) >= 11 is 0. The Morgan fingerprint density at radius 1 is 0.750 bits per heavy atom. The van der Waals surface area contributed by atoms with Crippen LogP contribution in [-0.4, -0.2) is 18.3 Å². The lowest BCUT2D eigenvalue weighted by atomic mass is 10.1. The average Bonchev–Trinajstić information content (AvgIpc) is 2.41. The van der Waals surface area contributed by atoms with Crippen LogP contribution >= 0.6 is 0 Å². The molecule has 2 heteroatoms. The van der Waals surface area contributed by atoms with Crippen molar-refractivity contribution in [2.45, 2.75) is 0 Å². The first-order valence-corrected chi connectivity index (χ1v) is 5.30. The summed E-state index contributed by atoms with van der Waals surface area (Å²) in [5, 5.41) is 7.75. The van der Waals surface area contributed by atoms with Crippen molar-refractivity contribution in [3.05, 3.63) is 60.7 Å². The van der Waals surface area contributed by atoms with Crippen LogP contribution in [0.4, 0.5) is 0 Å². The molecule has 0 heterocycles. The van der Waals surface area contributed by atoms with Gasteiger partial charge in [0.15, 0.2) is 0 Å². The van der Waals surface area contributed by atoms with Gasteiger partial charge in [-0.15, -0.1) is 0 Å². The third kappa shape index (κ3) is 4.26. The highest BCUT2D eigenvalue weighted by Crippen LogP contribution is 2.17. The van der Waals surface area contributed by atoms with Crippen molar-refractivity contribution in [1.82, 2.24) is 0 Å². The van der Waals surface area contributed by atoms with Crippen molar-refractivity contribution in [2.24, 2.45) is 5.73 Å². The quantitative estimate of drug-likeness (QED) is 0.807. The zero-order valence-electron chi connectivity index (χ0n) is 9.21. The van der Waals surface area contributed by atoms with Gasteiger partial charge in [0.25, 0.3) is 0 Å². The van der Waals surface area contributed by atoms with E-state index < -0.39 is 0 Å². The Morgan fingerprint density at radius 3 is 1.31 bits per heavy atom. The Kier molecular flexibility index (Phi) is 5.92. The summed E-state index contributed by atoms with van der Waals surface area (Å²) < 4.78 is 0. The molecule has 2 rings (SSSR count). The minimum Gasteiger partial charge on any atom is -0.395 e. The summed E-state index contributed by atoms with van der Waals surface area (Å²) in [4.78, 5) is 0. The highest BCUT2D eigenvalue weighted by atomic mass is 16.3. The van der Waals surface area contributed by atoms with Crippen LogP contribution in [0.1, 0.15) is 0 Å². The zero-order valence-corrected chi connectivity index (χ0v) is 9.21. The van der Waals surface area contributed by atoms with Gasteiger partial charge in [-0.2, -0.15) is 0 Å². The molecular weight excluding hydrogens is 198 g/mol. The van der Waals surface area contributed by atoms with Crippen molar-refractivity contribution < 1.29 is 5.11 Å². The van der Waals surface area contributed by atoms with Crippen LogP contribution in [0.5, 0.6) is 0 Å². The monoisotopic (exact) mass is 215 g/mol. The molecule has 0 aliphatic heterocycles. The van der Waals surface area contributed by atoms with Crippen LogP contribution < -0.4 is 5.73 Å². The minimum atomic E-state index is 0.0972. The zero-order chi connectivity index (χ0) is 11.6. The maximum absolute atomic E-state index is 7.75. The first-order chi connectivity index (χ1) is 7.88. The van der Waals surface area contributed by atoms with Gasteiger partial charge in [0.05, 0.1) is 6.61 Å². The van der Waals surface area contributed by atoms with Crippen molar-refractivity contribution in [1.29, 1.82) is 0 Å². The molecule has 2 aromatic carbocycles. The number of hydrogen-bond acceptors (Lipinski definition) is 2. The fourth-order valence-electron chi connectivity index (χ4n) is 1.26. The van der Waals surface area contributed by atoms with Gasteiger partial charge in [0.1, 0.15) is 0 Å². The number of benzene rings is 2. The van der Waals surface area contributed by atoms with Gasteiger partial charge in [-0.05, 0) is 11.1 Å². The summed E-state index contributed by atoms with van der Waals surface area (Å²) in [5.41, 5.74) is 7.33. The summed E-state index contributed by atoms with van der Waals surface area (Å²) in [6.45, 7) is 0.472. The molecule has 0 amide bonds. The van der Waals surface area contributed by atoms with Gasteiger partial charge in [-0.25, -0.2) is 0 Å². The summed E-state index contributed by atoms with van der Waals surface area (Å²) in [7, 11) is 0. The minimum absolute atomic E-state index is 0.0972. The normalized spacial score (nSPS) is 9.12. The van der Waals surface area contributed by atoms with Crippen molar-refractivity contribution in [3.8, 4) is 11.1 Å². The molecule has 0 spiro atoms. The fraction of sp³-hybridized carbons (Fsp3) is 0.143. The third-order valence-corrected chi connectivity index (χ3v) is 2.01. The number of hydrogen-bond donors (Lipinski definition) is 2. The topological polar surface area (TPSA) is 46.2 Å². The summed E-state index contributed by atoms with van der Waals surface area (Å²) in [6.07, 6.45) is 0. The molecule has 0 bridgehead atoms. The lowest BCUT2D eigenvalue weighted by Crippen LogP contribution is -2.02. The molecular formula is C14H17NO. The standard InChI is InChI=1S/C12H10.C2H7NO/c1-3-7-11(8-4-1)12-9-5-2-6-10-12;3-1-2-4/h1-10H;4H,1-3H2. The van der Waals surface area contributed by atoms with Gasteiger partial charge in [-0.1, -0.05) is 60.7 Å². The second kappa shape index (κ2) is 7.63. The molecule has 16 heavy (non-hydrogen) atoms. The van der Waals surface area contributed by atoms with E-state index in [4.69, 9.17) is 10.8 Å². The average molecular weight is 215 g/mol. The Balaban J connectivity index is 0.000000280. The third-order valence-electron chi connectivity index (χ3n) is 2.01. The number of nitrogens with two attached hydrogens (primary N) is 1. The molecule has 0 aliphatic carbocycles. The first kappa shape index (κ1) is 12.4. The SMILES string of the molecule is NCCO.c1ccc(-c2ccccc2)cc1. The Morgan fingerprint density at radius 2 is 1.06 bits per heavy atom. The molecule has 0 atom stereocenters. The van der Waals surface area contributed by atoms with Crippen molar-refractivity contribution in [2.75, 3.05) is 13.2 Å². The molecule has 0 saturated heterocycles. The smallest absolute Gasteiger partial charge is 0.0553 e. The fourth-order valence-corrected chi connectivity index (χ4v) is 1.26. The van der Waals surface area contributed by atoms with Gasteiger partial charge < -0.3 is 10.8 Å². The predicted molar refractivity (Wildman–Crippen MR) is 68.0 cm³/mol. The second-order valence-electron chi connectivity index (χ2n) is 3.24. The Labute approximate surface area is 96.4 Å². The predicted octanol–water partition coefficient (Wildman–Crippen LogP) is 2.29. The van der Waals surface area contributed by atoms with E-state index in [9.17, 15) is 0 Å². The van der Waals surface area contributed by atoms with E-state index in [1.165, 1.54) is 11.1 Å². The summed E-state index contributed by atoms with van der Waals surface area (Å²) in [6, 6.07) is 20.8. The Bertz CT molecular complexity index is 333. The lowest BCUT2D eigenvalue weighted by Gasteiger charge is -1.98. The van der Waals surface area contributed by atoms with Gasteiger partial charge in [0, 0.05) is 6.54 Å². The van der Waals surface area contributed by atoms with E-state index in [0.717, 1.165) is 0 Å². The van der Waals surface area contributed by atoms with Crippen LogP contribution in [0, 0.1) is 0 Å². The van der Waals surface area contributed by atoms with Crippen molar-refractivity contribution in [3.63, 3.8) is 0 Å². The van der Waals surface area contributed by atoms with Gasteiger partial charge >= 0.3 is 0 Å². The van der Waals surface area contributed by atoms with E-state index in [1.54, 1.807) is 0 Å². The van der Waals surface area contributed by atoms with E-state index in [1.807, 2.05) is 12.1 Å². The maximum Gasteiger partial charge on any atom is 0.0553 e. The first-order valence-electron chi connectivity index (χ1n) is 5.30. The molecule has 0 radical (unpaired) electrons.